The molecule has 17 heavy (non-hydrogen) atoms. The number of nitro benzene ring substituents is 1. The maximum atomic E-state index is 10.9. The highest BCUT2D eigenvalue weighted by atomic mass is 35.5. The number of aromatic hydroxyl groups is 1. The monoisotopic (exact) mass is 258 g/mol. The third-order valence-corrected chi connectivity index (χ3v) is 2.74. The molecule has 6 heteroatoms. The molecule has 3 N–H and O–H groups in total. The number of benzene rings is 1. The molecule has 94 valence electrons. The summed E-state index contributed by atoms with van der Waals surface area (Å²) in [6.07, 6.45) is 0.536. The van der Waals surface area contributed by atoms with E-state index in [0.717, 1.165) is 0 Å². The van der Waals surface area contributed by atoms with Gasteiger partial charge in [0.25, 0.3) is 5.69 Å². The molecule has 0 radical (unpaired) electrons. The second-order valence-electron chi connectivity index (χ2n) is 4.32. The fraction of sp³-hybridized carbons (Fsp3) is 0.455. The van der Waals surface area contributed by atoms with Crippen molar-refractivity contribution in [3.63, 3.8) is 0 Å². The molecule has 0 heterocycles. The van der Waals surface area contributed by atoms with Gasteiger partial charge in [-0.25, -0.2) is 0 Å². The lowest BCUT2D eigenvalue weighted by Crippen LogP contribution is -2.15. The van der Waals surface area contributed by atoms with Gasteiger partial charge in [0, 0.05) is 12.1 Å². The van der Waals surface area contributed by atoms with Crippen LogP contribution in [0.2, 0.25) is 5.02 Å². The lowest BCUT2D eigenvalue weighted by Gasteiger charge is -2.16. The summed E-state index contributed by atoms with van der Waals surface area (Å²) in [5.74, 6) is -0.0306. The Hall–Kier alpha value is -1.33. The van der Waals surface area contributed by atoms with Crippen LogP contribution in [0.3, 0.4) is 0 Å². The molecule has 0 fully saturated rings. The molecule has 1 atom stereocenters. The standard InChI is InChI=1S/C11H15ClN2O3/c1-6(2)5-8(13)10-9(14(16)17)4-3-7(12)11(10)15/h3-4,6,8,15H,5,13H2,1-2H3/t8-/m1/s1. The van der Waals surface area contributed by atoms with E-state index in [1.54, 1.807) is 0 Å². The Morgan fingerprint density at radius 2 is 2.12 bits per heavy atom. The van der Waals surface area contributed by atoms with Gasteiger partial charge in [0.15, 0.2) is 0 Å². The Kier molecular flexibility index (Phi) is 4.31. The first-order valence-electron chi connectivity index (χ1n) is 5.26. The molecule has 1 aromatic carbocycles. The van der Waals surface area contributed by atoms with Crippen LogP contribution in [-0.2, 0) is 0 Å². The number of nitro groups is 1. The lowest BCUT2D eigenvalue weighted by molar-refractivity contribution is -0.385. The number of phenols is 1. The topological polar surface area (TPSA) is 89.4 Å². The van der Waals surface area contributed by atoms with Gasteiger partial charge >= 0.3 is 0 Å². The molecular formula is C11H15ClN2O3. The summed E-state index contributed by atoms with van der Waals surface area (Å²) in [6.45, 7) is 3.90. The Balaban J connectivity index is 3.27. The van der Waals surface area contributed by atoms with Crippen molar-refractivity contribution in [2.45, 2.75) is 26.3 Å². The number of nitrogens with zero attached hydrogens (tertiary/aromatic N) is 1. The van der Waals surface area contributed by atoms with Crippen LogP contribution in [0.4, 0.5) is 5.69 Å². The summed E-state index contributed by atoms with van der Waals surface area (Å²) in [5.41, 5.74) is 5.79. The molecule has 0 amide bonds. The normalized spacial score (nSPS) is 12.8. The van der Waals surface area contributed by atoms with Crippen LogP contribution in [0.1, 0.15) is 31.9 Å². The van der Waals surface area contributed by atoms with Crippen molar-refractivity contribution in [3.8, 4) is 5.75 Å². The molecular weight excluding hydrogens is 244 g/mol. The van der Waals surface area contributed by atoms with Gasteiger partial charge in [0.2, 0.25) is 0 Å². The second kappa shape index (κ2) is 5.33. The van der Waals surface area contributed by atoms with E-state index in [4.69, 9.17) is 17.3 Å². The maximum Gasteiger partial charge on any atom is 0.277 e. The zero-order chi connectivity index (χ0) is 13.2. The van der Waals surface area contributed by atoms with Crippen LogP contribution in [0.25, 0.3) is 0 Å². The highest BCUT2D eigenvalue weighted by Crippen LogP contribution is 2.39. The Labute approximate surface area is 104 Å². The SMILES string of the molecule is CC(C)C[C@@H](N)c1c([N+](=O)[O-])ccc(Cl)c1O. The number of hydrogen-bond acceptors (Lipinski definition) is 4. The van der Waals surface area contributed by atoms with Crippen LogP contribution < -0.4 is 5.73 Å². The maximum absolute atomic E-state index is 10.9. The number of halogens is 1. The van der Waals surface area contributed by atoms with E-state index in [1.165, 1.54) is 12.1 Å². The van der Waals surface area contributed by atoms with E-state index in [2.05, 4.69) is 0 Å². The van der Waals surface area contributed by atoms with Crippen molar-refractivity contribution in [1.82, 2.24) is 0 Å². The van der Waals surface area contributed by atoms with Crippen molar-refractivity contribution in [2.75, 3.05) is 0 Å². The molecule has 1 aromatic rings. The molecule has 1 rings (SSSR count). The second-order valence-corrected chi connectivity index (χ2v) is 4.73. The molecule has 0 saturated carbocycles. The smallest absolute Gasteiger partial charge is 0.277 e. The predicted molar refractivity (Wildman–Crippen MR) is 66.2 cm³/mol. The van der Waals surface area contributed by atoms with Crippen molar-refractivity contribution in [3.05, 3.63) is 32.8 Å². The van der Waals surface area contributed by atoms with E-state index in [9.17, 15) is 15.2 Å². The van der Waals surface area contributed by atoms with E-state index in [-0.39, 0.29) is 27.9 Å². The quantitative estimate of drug-likeness (QED) is 0.642. The average Bonchev–Trinajstić information content (AvgIpc) is 2.20. The zero-order valence-electron chi connectivity index (χ0n) is 9.68. The summed E-state index contributed by atoms with van der Waals surface area (Å²) in [5, 5.41) is 20.7. The Morgan fingerprint density at radius 1 is 1.53 bits per heavy atom. The van der Waals surface area contributed by atoms with E-state index >= 15 is 0 Å². The molecule has 0 aliphatic rings. The average molecular weight is 259 g/mol. The molecule has 0 aliphatic carbocycles. The molecule has 0 aliphatic heterocycles. The fourth-order valence-electron chi connectivity index (χ4n) is 1.72. The van der Waals surface area contributed by atoms with Crippen molar-refractivity contribution < 1.29 is 10.0 Å². The molecule has 0 bridgehead atoms. The Morgan fingerprint density at radius 3 is 2.59 bits per heavy atom. The van der Waals surface area contributed by atoms with Gasteiger partial charge in [-0.2, -0.15) is 0 Å². The van der Waals surface area contributed by atoms with Crippen LogP contribution >= 0.6 is 11.6 Å². The third-order valence-electron chi connectivity index (χ3n) is 2.44. The highest BCUT2D eigenvalue weighted by molar-refractivity contribution is 6.32. The first-order chi connectivity index (χ1) is 7.84. The largest absolute Gasteiger partial charge is 0.506 e. The van der Waals surface area contributed by atoms with Gasteiger partial charge in [-0.15, -0.1) is 0 Å². The minimum Gasteiger partial charge on any atom is -0.506 e. The number of phenolic OH excluding ortho intramolecular Hbond substituents is 1. The number of nitrogens with two attached hydrogens (primary N) is 1. The lowest BCUT2D eigenvalue weighted by atomic mass is 9.96. The summed E-state index contributed by atoms with van der Waals surface area (Å²) < 4.78 is 0. The van der Waals surface area contributed by atoms with Crippen LogP contribution in [-0.4, -0.2) is 10.0 Å². The third kappa shape index (κ3) is 3.08. The first kappa shape index (κ1) is 13.7. The van der Waals surface area contributed by atoms with Crippen molar-refractivity contribution in [1.29, 1.82) is 0 Å². The van der Waals surface area contributed by atoms with Crippen LogP contribution in [0.5, 0.6) is 5.75 Å². The minimum absolute atomic E-state index is 0.0739. The Bertz CT molecular complexity index is 435. The number of hydrogen-bond donors (Lipinski definition) is 2. The van der Waals surface area contributed by atoms with E-state index in [0.29, 0.717) is 6.42 Å². The van der Waals surface area contributed by atoms with Crippen molar-refractivity contribution in [2.24, 2.45) is 11.7 Å². The van der Waals surface area contributed by atoms with Gasteiger partial charge < -0.3 is 10.8 Å². The van der Waals surface area contributed by atoms with Gasteiger partial charge in [-0.05, 0) is 18.4 Å². The van der Waals surface area contributed by atoms with Crippen LogP contribution in [0, 0.1) is 16.0 Å². The molecule has 0 spiro atoms. The summed E-state index contributed by atoms with van der Waals surface area (Å²) >= 11 is 5.74. The summed E-state index contributed by atoms with van der Waals surface area (Å²) in [4.78, 5) is 10.3. The molecule has 0 aromatic heterocycles. The molecule has 0 saturated heterocycles. The van der Waals surface area contributed by atoms with E-state index < -0.39 is 11.0 Å². The van der Waals surface area contributed by atoms with Gasteiger partial charge in [0.05, 0.1) is 15.5 Å². The minimum atomic E-state index is -0.603. The summed E-state index contributed by atoms with van der Waals surface area (Å²) in [6, 6.07) is 1.95. The van der Waals surface area contributed by atoms with Gasteiger partial charge in [0.1, 0.15) is 5.75 Å². The van der Waals surface area contributed by atoms with Crippen molar-refractivity contribution >= 4 is 17.3 Å². The summed E-state index contributed by atoms with van der Waals surface area (Å²) in [7, 11) is 0. The van der Waals surface area contributed by atoms with E-state index in [1.807, 2.05) is 13.8 Å². The molecule has 0 unspecified atom stereocenters. The zero-order valence-corrected chi connectivity index (χ0v) is 10.4. The first-order valence-corrected chi connectivity index (χ1v) is 5.63. The van der Waals surface area contributed by atoms with Gasteiger partial charge in [-0.3, -0.25) is 10.1 Å². The molecule has 5 nitrogen and oxygen atoms in total. The predicted octanol–water partition coefficient (Wildman–Crippen LogP) is 3.00. The fourth-order valence-corrected chi connectivity index (χ4v) is 1.89. The number of rotatable bonds is 4. The van der Waals surface area contributed by atoms with Gasteiger partial charge in [-0.1, -0.05) is 25.4 Å². The van der Waals surface area contributed by atoms with Crippen LogP contribution in [0.15, 0.2) is 12.1 Å². The highest BCUT2D eigenvalue weighted by Gasteiger charge is 2.25.